The van der Waals surface area contributed by atoms with Crippen LogP contribution in [0.1, 0.15) is 28.2 Å². The van der Waals surface area contributed by atoms with Crippen molar-refractivity contribution >= 4 is 28.8 Å². The maximum atomic E-state index is 12.5. The van der Waals surface area contributed by atoms with Gasteiger partial charge in [-0.15, -0.1) is 0 Å². The third-order valence-corrected chi connectivity index (χ3v) is 3.86. The van der Waals surface area contributed by atoms with E-state index >= 15 is 0 Å². The van der Waals surface area contributed by atoms with Gasteiger partial charge >= 0.3 is 0 Å². The van der Waals surface area contributed by atoms with Crippen LogP contribution in [0.25, 0.3) is 11.1 Å². The number of fused-ring (bicyclic) bond motifs is 1. The first-order chi connectivity index (χ1) is 10.1. The molecule has 1 atom stereocenters. The summed E-state index contributed by atoms with van der Waals surface area (Å²) in [5.74, 6) is 0.639. The average molecular weight is 309 g/mol. The molecule has 0 aromatic carbocycles. The Morgan fingerprint density at radius 3 is 2.95 bits per heavy atom. The van der Waals surface area contributed by atoms with E-state index in [1.807, 2.05) is 6.26 Å². The van der Waals surface area contributed by atoms with Crippen molar-refractivity contribution < 1.29 is 14.4 Å². The standard InChI is InChI=1S/C14H19N3O3S/c1-8-6-11(12-9(2)17-20-14(12)15-8)13(19)16-10(7-18)4-5-21-3/h6,10,18H,4-5,7H2,1-3H3,(H,16,19). The highest BCUT2D eigenvalue weighted by Gasteiger charge is 2.19. The van der Waals surface area contributed by atoms with Gasteiger partial charge in [0.1, 0.15) is 0 Å². The Kier molecular flexibility index (Phi) is 5.19. The molecule has 1 unspecified atom stereocenters. The molecular weight excluding hydrogens is 290 g/mol. The fraction of sp³-hybridized carbons (Fsp3) is 0.500. The van der Waals surface area contributed by atoms with Crippen LogP contribution in [-0.2, 0) is 0 Å². The number of hydrogen-bond acceptors (Lipinski definition) is 6. The first kappa shape index (κ1) is 15.8. The zero-order chi connectivity index (χ0) is 15.4. The summed E-state index contributed by atoms with van der Waals surface area (Å²) in [6.45, 7) is 3.49. The molecular formula is C14H19N3O3S. The lowest BCUT2D eigenvalue weighted by molar-refractivity contribution is 0.0917. The highest BCUT2D eigenvalue weighted by Crippen LogP contribution is 2.22. The number of aliphatic hydroxyl groups excluding tert-OH is 1. The summed E-state index contributed by atoms with van der Waals surface area (Å²) >= 11 is 1.68. The number of carbonyl (C=O) groups is 1. The van der Waals surface area contributed by atoms with E-state index in [1.165, 1.54) is 0 Å². The summed E-state index contributed by atoms with van der Waals surface area (Å²) in [5, 5.41) is 16.7. The van der Waals surface area contributed by atoms with E-state index in [-0.39, 0.29) is 18.6 Å². The molecule has 0 spiro atoms. The van der Waals surface area contributed by atoms with Crippen LogP contribution >= 0.6 is 11.8 Å². The van der Waals surface area contributed by atoms with E-state index < -0.39 is 0 Å². The fourth-order valence-corrected chi connectivity index (χ4v) is 2.65. The number of rotatable bonds is 6. The summed E-state index contributed by atoms with van der Waals surface area (Å²) in [6.07, 6.45) is 2.71. The number of aryl methyl sites for hydroxylation is 2. The van der Waals surface area contributed by atoms with E-state index in [2.05, 4.69) is 15.5 Å². The number of carbonyl (C=O) groups excluding carboxylic acids is 1. The molecule has 114 valence electrons. The van der Waals surface area contributed by atoms with Gasteiger partial charge in [-0.05, 0) is 38.3 Å². The molecule has 2 aromatic rings. The van der Waals surface area contributed by atoms with Gasteiger partial charge in [-0.3, -0.25) is 4.79 Å². The van der Waals surface area contributed by atoms with Crippen LogP contribution < -0.4 is 5.32 Å². The zero-order valence-electron chi connectivity index (χ0n) is 12.3. The van der Waals surface area contributed by atoms with Gasteiger partial charge in [0.05, 0.1) is 29.3 Å². The van der Waals surface area contributed by atoms with Crippen molar-refractivity contribution in [2.24, 2.45) is 0 Å². The Hall–Kier alpha value is -1.60. The molecule has 2 heterocycles. The number of hydrogen-bond donors (Lipinski definition) is 2. The minimum absolute atomic E-state index is 0.0812. The van der Waals surface area contributed by atoms with Crippen LogP contribution in [0, 0.1) is 13.8 Å². The Bertz CT molecular complexity index is 642. The van der Waals surface area contributed by atoms with Gasteiger partial charge in [-0.25, -0.2) is 4.98 Å². The van der Waals surface area contributed by atoms with Crippen LogP contribution in [0.3, 0.4) is 0 Å². The van der Waals surface area contributed by atoms with Gasteiger partial charge in [0.2, 0.25) is 0 Å². The summed E-state index contributed by atoms with van der Waals surface area (Å²) < 4.78 is 5.12. The Balaban J connectivity index is 2.28. The predicted octanol–water partition coefficient (Wildman–Crippen LogP) is 1.68. The maximum Gasteiger partial charge on any atom is 0.258 e. The van der Waals surface area contributed by atoms with E-state index in [0.717, 1.165) is 12.2 Å². The summed E-state index contributed by atoms with van der Waals surface area (Å²) in [6, 6.07) is 1.46. The number of nitrogens with one attached hydrogen (secondary N) is 1. The number of nitrogens with zero attached hydrogens (tertiary/aromatic N) is 2. The highest BCUT2D eigenvalue weighted by atomic mass is 32.2. The van der Waals surface area contributed by atoms with Crippen molar-refractivity contribution in [2.75, 3.05) is 18.6 Å². The number of thioether (sulfide) groups is 1. The SMILES string of the molecule is CSCCC(CO)NC(=O)c1cc(C)nc2onc(C)c12. The first-order valence-corrected chi connectivity index (χ1v) is 8.10. The molecule has 0 aliphatic carbocycles. The van der Waals surface area contributed by atoms with Crippen molar-refractivity contribution in [2.45, 2.75) is 26.3 Å². The van der Waals surface area contributed by atoms with E-state index in [4.69, 9.17) is 4.52 Å². The van der Waals surface area contributed by atoms with Gasteiger partial charge in [-0.2, -0.15) is 11.8 Å². The average Bonchev–Trinajstić information content (AvgIpc) is 2.83. The third-order valence-electron chi connectivity index (χ3n) is 3.22. The molecule has 7 heteroatoms. The van der Waals surface area contributed by atoms with Gasteiger partial charge in [0.25, 0.3) is 11.6 Å². The lowest BCUT2D eigenvalue weighted by Crippen LogP contribution is -2.38. The zero-order valence-corrected chi connectivity index (χ0v) is 13.2. The molecule has 0 bridgehead atoms. The lowest BCUT2D eigenvalue weighted by Gasteiger charge is -2.16. The van der Waals surface area contributed by atoms with Crippen LogP contribution in [-0.4, -0.2) is 45.8 Å². The second-order valence-corrected chi connectivity index (χ2v) is 5.88. The molecule has 0 saturated carbocycles. The minimum Gasteiger partial charge on any atom is -0.394 e. The molecule has 0 aliphatic rings. The van der Waals surface area contributed by atoms with Crippen molar-refractivity contribution in [3.63, 3.8) is 0 Å². The van der Waals surface area contributed by atoms with Crippen LogP contribution in [0.2, 0.25) is 0 Å². The maximum absolute atomic E-state index is 12.5. The molecule has 2 rings (SSSR count). The number of aliphatic hydroxyl groups is 1. The summed E-state index contributed by atoms with van der Waals surface area (Å²) in [7, 11) is 0. The Morgan fingerprint density at radius 2 is 2.29 bits per heavy atom. The molecule has 0 aliphatic heterocycles. The Labute approximate surface area is 127 Å². The summed E-state index contributed by atoms with van der Waals surface area (Å²) in [5.41, 5.74) is 2.17. The van der Waals surface area contributed by atoms with Crippen LogP contribution in [0.5, 0.6) is 0 Å². The van der Waals surface area contributed by atoms with E-state index in [0.29, 0.717) is 28.1 Å². The topological polar surface area (TPSA) is 88.2 Å². The summed E-state index contributed by atoms with van der Waals surface area (Å²) in [4.78, 5) is 16.7. The Morgan fingerprint density at radius 1 is 1.52 bits per heavy atom. The van der Waals surface area contributed by atoms with Crippen LogP contribution in [0.15, 0.2) is 10.6 Å². The molecule has 2 N–H and O–H groups in total. The van der Waals surface area contributed by atoms with Crippen molar-refractivity contribution in [3.05, 3.63) is 23.0 Å². The van der Waals surface area contributed by atoms with Gasteiger partial charge in [0.15, 0.2) is 0 Å². The number of pyridine rings is 1. The number of amides is 1. The molecule has 21 heavy (non-hydrogen) atoms. The fourth-order valence-electron chi connectivity index (χ4n) is 2.13. The minimum atomic E-state index is -0.256. The van der Waals surface area contributed by atoms with E-state index in [1.54, 1.807) is 31.7 Å². The molecule has 0 radical (unpaired) electrons. The van der Waals surface area contributed by atoms with Crippen molar-refractivity contribution in [3.8, 4) is 0 Å². The smallest absolute Gasteiger partial charge is 0.258 e. The molecule has 2 aromatic heterocycles. The molecule has 0 fully saturated rings. The van der Waals surface area contributed by atoms with Crippen molar-refractivity contribution in [1.82, 2.24) is 15.5 Å². The van der Waals surface area contributed by atoms with E-state index in [9.17, 15) is 9.90 Å². The largest absolute Gasteiger partial charge is 0.394 e. The molecule has 6 nitrogen and oxygen atoms in total. The second kappa shape index (κ2) is 6.91. The van der Waals surface area contributed by atoms with Crippen LogP contribution in [0.4, 0.5) is 0 Å². The van der Waals surface area contributed by atoms with Gasteiger partial charge in [0, 0.05) is 5.69 Å². The highest BCUT2D eigenvalue weighted by molar-refractivity contribution is 7.98. The second-order valence-electron chi connectivity index (χ2n) is 4.89. The number of aromatic nitrogens is 2. The first-order valence-electron chi connectivity index (χ1n) is 6.71. The third kappa shape index (κ3) is 3.54. The van der Waals surface area contributed by atoms with Gasteiger partial charge in [-0.1, -0.05) is 5.16 Å². The van der Waals surface area contributed by atoms with Crippen molar-refractivity contribution in [1.29, 1.82) is 0 Å². The predicted molar refractivity (Wildman–Crippen MR) is 82.6 cm³/mol. The lowest BCUT2D eigenvalue weighted by atomic mass is 10.1. The normalized spacial score (nSPS) is 12.6. The molecule has 1 amide bonds. The monoisotopic (exact) mass is 309 g/mol. The van der Waals surface area contributed by atoms with Gasteiger partial charge < -0.3 is 14.9 Å². The quantitative estimate of drug-likeness (QED) is 0.844. The molecule has 0 saturated heterocycles.